The Morgan fingerprint density at radius 3 is 2.93 bits per heavy atom. The highest BCUT2D eigenvalue weighted by molar-refractivity contribution is 8.14. The van der Waals surface area contributed by atoms with Gasteiger partial charge in [0, 0.05) is 33.4 Å². The molecule has 1 aliphatic rings. The van der Waals surface area contributed by atoms with E-state index in [-0.39, 0.29) is 17.6 Å². The molecule has 2 aromatic carbocycles. The minimum Gasteiger partial charge on any atom is -0.370 e. The Balaban J connectivity index is 1.46. The van der Waals surface area contributed by atoms with E-state index in [2.05, 4.69) is 25.6 Å². The second-order valence-electron chi connectivity index (χ2n) is 6.49. The molecule has 0 bridgehead atoms. The summed E-state index contributed by atoms with van der Waals surface area (Å²) >= 11 is 7.37. The number of benzene rings is 2. The number of nitrogens with zero attached hydrogens (tertiary/aromatic N) is 2. The minimum atomic E-state index is -0.465. The number of aromatic nitrogens is 1. The Morgan fingerprint density at radius 2 is 2.07 bits per heavy atom. The molecular formula is C20H19ClN6OS. The summed E-state index contributed by atoms with van der Waals surface area (Å²) in [5, 5.41) is 7.99. The molecule has 7 nitrogen and oxygen atoms in total. The van der Waals surface area contributed by atoms with Crippen LogP contribution in [-0.4, -0.2) is 27.8 Å². The number of halogens is 1. The lowest BCUT2D eigenvalue weighted by Crippen LogP contribution is -2.39. The van der Waals surface area contributed by atoms with E-state index in [1.54, 1.807) is 12.1 Å². The summed E-state index contributed by atoms with van der Waals surface area (Å²) in [6.45, 7) is 1.86. The number of H-pyrrole nitrogens is 1. The van der Waals surface area contributed by atoms with E-state index in [0.717, 1.165) is 22.0 Å². The summed E-state index contributed by atoms with van der Waals surface area (Å²) in [6, 6.07) is 13.3. The number of hydrogen-bond donors (Lipinski definition) is 4. The molecule has 1 aliphatic heterocycles. The molecule has 4 rings (SSSR count). The Hall–Kier alpha value is -2.97. The highest BCUT2D eigenvalue weighted by Gasteiger charge is 2.20. The van der Waals surface area contributed by atoms with Crippen molar-refractivity contribution in [2.75, 3.05) is 11.1 Å². The lowest BCUT2D eigenvalue weighted by atomic mass is 10.1. The Morgan fingerprint density at radius 1 is 1.24 bits per heavy atom. The molecule has 0 saturated carbocycles. The van der Waals surface area contributed by atoms with Crippen LogP contribution in [-0.2, 0) is 4.79 Å². The molecule has 0 saturated heterocycles. The van der Waals surface area contributed by atoms with E-state index in [9.17, 15) is 4.79 Å². The first-order valence-corrected chi connectivity index (χ1v) is 10.3. The predicted molar refractivity (Wildman–Crippen MR) is 121 cm³/mol. The maximum absolute atomic E-state index is 12.4. The zero-order valence-corrected chi connectivity index (χ0v) is 17.1. The summed E-state index contributed by atoms with van der Waals surface area (Å²) < 4.78 is 0. The maximum atomic E-state index is 12.4. The van der Waals surface area contributed by atoms with Crippen LogP contribution in [0.2, 0.25) is 5.02 Å². The molecule has 5 N–H and O–H groups in total. The molecule has 0 fully saturated rings. The van der Waals surface area contributed by atoms with Crippen molar-refractivity contribution in [2.24, 2.45) is 15.7 Å². The SMILES string of the molecule is Cc1c(Cl)cccc1NC(=O)CSC1=N[C@H](c2c[nH]c3ccccc23)N=C(N)N1. The molecule has 0 spiro atoms. The quantitative estimate of drug-likeness (QED) is 0.509. The second-order valence-corrected chi connectivity index (χ2v) is 7.86. The number of nitrogens with one attached hydrogen (secondary N) is 3. The molecule has 9 heteroatoms. The number of amidine groups is 1. The van der Waals surface area contributed by atoms with Crippen molar-refractivity contribution in [1.82, 2.24) is 10.3 Å². The van der Waals surface area contributed by atoms with Gasteiger partial charge in [-0.15, -0.1) is 0 Å². The van der Waals surface area contributed by atoms with Gasteiger partial charge >= 0.3 is 0 Å². The lowest BCUT2D eigenvalue weighted by Gasteiger charge is -2.18. The molecule has 1 amide bonds. The number of hydrogen-bond acceptors (Lipinski definition) is 6. The fourth-order valence-electron chi connectivity index (χ4n) is 3.03. The van der Waals surface area contributed by atoms with Gasteiger partial charge in [0.1, 0.15) is 0 Å². The molecule has 2 heterocycles. The van der Waals surface area contributed by atoms with Gasteiger partial charge in [0.2, 0.25) is 5.91 Å². The van der Waals surface area contributed by atoms with Crippen molar-refractivity contribution < 1.29 is 4.79 Å². The lowest BCUT2D eigenvalue weighted by molar-refractivity contribution is -0.113. The summed E-state index contributed by atoms with van der Waals surface area (Å²) in [7, 11) is 0. The standard InChI is InChI=1S/C20H19ClN6OS/c1-11-14(21)6-4-8-15(11)24-17(28)10-29-20-26-18(25-19(22)27-20)13-9-23-16-7-3-2-5-12(13)16/h2-9,18,23H,10H2,1H3,(H,24,28)(H3,22,25,26,27)/t18-/m1/s1. The average molecular weight is 427 g/mol. The average Bonchev–Trinajstić information content (AvgIpc) is 3.14. The van der Waals surface area contributed by atoms with Crippen molar-refractivity contribution in [3.8, 4) is 0 Å². The zero-order valence-electron chi connectivity index (χ0n) is 15.6. The molecule has 0 radical (unpaired) electrons. The summed E-state index contributed by atoms with van der Waals surface area (Å²) in [6.07, 6.45) is 1.42. The predicted octanol–water partition coefficient (Wildman–Crippen LogP) is 3.77. The van der Waals surface area contributed by atoms with Crippen LogP contribution in [0.5, 0.6) is 0 Å². The van der Waals surface area contributed by atoms with Gasteiger partial charge in [-0.05, 0) is 30.7 Å². The number of carbonyl (C=O) groups is 1. The fraction of sp³-hybridized carbons (Fsp3) is 0.150. The van der Waals surface area contributed by atoms with Crippen LogP contribution < -0.4 is 16.4 Å². The number of rotatable bonds is 4. The first-order chi connectivity index (χ1) is 14.0. The van der Waals surface area contributed by atoms with E-state index in [1.165, 1.54) is 11.8 Å². The van der Waals surface area contributed by atoms with Crippen LogP contribution in [0.25, 0.3) is 10.9 Å². The molecule has 1 atom stereocenters. The van der Waals surface area contributed by atoms with Crippen molar-refractivity contribution in [1.29, 1.82) is 0 Å². The number of aromatic amines is 1. The summed E-state index contributed by atoms with van der Waals surface area (Å²) in [4.78, 5) is 24.6. The largest absolute Gasteiger partial charge is 0.370 e. The zero-order chi connectivity index (χ0) is 20.4. The van der Waals surface area contributed by atoms with Gasteiger partial charge in [-0.3, -0.25) is 4.79 Å². The topological polar surface area (TPSA) is 108 Å². The van der Waals surface area contributed by atoms with E-state index >= 15 is 0 Å². The minimum absolute atomic E-state index is 0.158. The molecule has 1 aromatic heterocycles. The first-order valence-electron chi connectivity index (χ1n) is 8.93. The number of fused-ring (bicyclic) bond motifs is 1. The van der Waals surface area contributed by atoms with Gasteiger partial charge in [0.05, 0.1) is 5.75 Å². The van der Waals surface area contributed by atoms with E-state index < -0.39 is 6.17 Å². The summed E-state index contributed by atoms with van der Waals surface area (Å²) in [5.74, 6) is 0.282. The monoisotopic (exact) mass is 426 g/mol. The molecule has 3 aromatic rings. The van der Waals surface area contributed by atoms with Crippen molar-refractivity contribution in [3.63, 3.8) is 0 Å². The molecule has 0 aliphatic carbocycles. The number of aliphatic imine (C=N–C) groups is 2. The van der Waals surface area contributed by atoms with Crippen LogP contribution in [0.4, 0.5) is 5.69 Å². The highest BCUT2D eigenvalue weighted by atomic mass is 35.5. The number of nitrogens with two attached hydrogens (primary N) is 1. The number of thioether (sulfide) groups is 1. The van der Waals surface area contributed by atoms with Crippen molar-refractivity contribution in [3.05, 3.63) is 64.8 Å². The van der Waals surface area contributed by atoms with Crippen LogP contribution in [0, 0.1) is 6.92 Å². The van der Waals surface area contributed by atoms with Gasteiger partial charge in [-0.25, -0.2) is 9.98 Å². The van der Waals surface area contributed by atoms with Crippen molar-refractivity contribution in [2.45, 2.75) is 13.1 Å². The van der Waals surface area contributed by atoms with Crippen LogP contribution in [0.15, 0.2) is 58.6 Å². The third kappa shape index (κ3) is 4.23. The van der Waals surface area contributed by atoms with Crippen molar-refractivity contribution >= 4 is 57.0 Å². The van der Waals surface area contributed by atoms with Crippen LogP contribution >= 0.6 is 23.4 Å². The Labute approximate surface area is 176 Å². The fourth-order valence-corrected chi connectivity index (χ4v) is 3.89. The number of para-hydroxylation sites is 1. The van der Waals surface area contributed by atoms with Gasteiger partial charge in [-0.2, -0.15) is 0 Å². The highest BCUT2D eigenvalue weighted by Crippen LogP contribution is 2.29. The van der Waals surface area contributed by atoms with Gasteiger partial charge < -0.3 is 21.4 Å². The Kier molecular flexibility index (Phi) is 5.46. The number of amides is 1. The van der Waals surface area contributed by atoms with Gasteiger partial charge in [0.25, 0.3) is 0 Å². The van der Waals surface area contributed by atoms with Gasteiger partial charge in [0.15, 0.2) is 17.3 Å². The second kappa shape index (κ2) is 8.18. The third-order valence-corrected chi connectivity index (χ3v) is 5.81. The number of carbonyl (C=O) groups excluding carboxylic acids is 1. The molecule has 29 heavy (non-hydrogen) atoms. The van der Waals surface area contributed by atoms with E-state index in [4.69, 9.17) is 17.3 Å². The molecule has 148 valence electrons. The maximum Gasteiger partial charge on any atom is 0.234 e. The van der Waals surface area contributed by atoms with Crippen LogP contribution in [0.1, 0.15) is 17.3 Å². The smallest absolute Gasteiger partial charge is 0.234 e. The molecule has 0 unspecified atom stereocenters. The van der Waals surface area contributed by atoms with Gasteiger partial charge in [-0.1, -0.05) is 47.6 Å². The third-order valence-electron chi connectivity index (χ3n) is 4.52. The number of guanidine groups is 1. The molecular weight excluding hydrogens is 408 g/mol. The van der Waals surface area contributed by atoms with E-state index in [0.29, 0.717) is 15.9 Å². The Bertz CT molecular complexity index is 1140. The summed E-state index contributed by atoms with van der Waals surface area (Å²) in [5.41, 5.74) is 9.42. The number of anilines is 1. The first kappa shape index (κ1) is 19.4. The van der Waals surface area contributed by atoms with Crippen LogP contribution in [0.3, 0.4) is 0 Å². The van der Waals surface area contributed by atoms with E-state index in [1.807, 2.05) is 43.5 Å². The normalized spacial score (nSPS) is 16.1.